The summed E-state index contributed by atoms with van der Waals surface area (Å²) < 4.78 is 5.01. The van der Waals surface area contributed by atoms with Crippen LogP contribution in [0.15, 0.2) is 12.3 Å². The Hall–Kier alpha value is -2.00. The molecule has 0 spiro atoms. The fourth-order valence-electron chi connectivity index (χ4n) is 1.03. The smallest absolute Gasteiger partial charge is 0.215 e. The highest BCUT2D eigenvalue weighted by molar-refractivity contribution is 5.38. The molecule has 3 nitrogen and oxygen atoms in total. The minimum Gasteiger partial charge on any atom is -0.481 e. The number of methoxy groups -OCH3 is 1. The van der Waals surface area contributed by atoms with E-state index in [0.717, 1.165) is 11.1 Å². The Labute approximate surface area is 83.3 Å². The van der Waals surface area contributed by atoms with Crippen LogP contribution >= 0.6 is 0 Å². The zero-order chi connectivity index (χ0) is 10.4. The van der Waals surface area contributed by atoms with E-state index in [1.165, 1.54) is 0 Å². The van der Waals surface area contributed by atoms with Crippen molar-refractivity contribution in [3.05, 3.63) is 23.4 Å². The van der Waals surface area contributed by atoms with E-state index in [1.807, 2.05) is 19.1 Å². The SMILES string of the molecule is COc1ncc(C#CCC#N)cc1C. The number of hydrogen-bond donors (Lipinski definition) is 0. The number of aromatic nitrogens is 1. The molecule has 0 saturated heterocycles. The molecule has 1 heterocycles. The average Bonchev–Trinajstić information content (AvgIpc) is 2.18. The summed E-state index contributed by atoms with van der Waals surface area (Å²) in [5, 5.41) is 8.29. The molecule has 3 heteroatoms. The summed E-state index contributed by atoms with van der Waals surface area (Å²) in [6.45, 7) is 1.90. The summed E-state index contributed by atoms with van der Waals surface area (Å²) in [5.41, 5.74) is 1.75. The van der Waals surface area contributed by atoms with Gasteiger partial charge in [0, 0.05) is 17.3 Å². The molecule has 1 rings (SSSR count). The number of rotatable bonds is 1. The first kappa shape index (κ1) is 10.1. The van der Waals surface area contributed by atoms with Crippen LogP contribution in [0, 0.1) is 30.1 Å². The lowest BCUT2D eigenvalue weighted by Gasteiger charge is -2.01. The maximum Gasteiger partial charge on any atom is 0.215 e. The predicted molar refractivity (Wildman–Crippen MR) is 52.6 cm³/mol. The van der Waals surface area contributed by atoms with E-state index in [-0.39, 0.29) is 6.42 Å². The van der Waals surface area contributed by atoms with Crippen molar-refractivity contribution < 1.29 is 4.74 Å². The third-order valence-corrected chi connectivity index (χ3v) is 1.62. The Bertz CT molecular complexity index is 421. The van der Waals surface area contributed by atoms with Crippen molar-refractivity contribution in [2.24, 2.45) is 0 Å². The van der Waals surface area contributed by atoms with Crippen LogP contribution < -0.4 is 4.74 Å². The van der Waals surface area contributed by atoms with Crippen LogP contribution in [0.5, 0.6) is 5.88 Å². The van der Waals surface area contributed by atoms with E-state index in [9.17, 15) is 0 Å². The lowest BCUT2D eigenvalue weighted by atomic mass is 10.2. The van der Waals surface area contributed by atoms with E-state index in [1.54, 1.807) is 13.3 Å². The lowest BCUT2D eigenvalue weighted by Crippen LogP contribution is -1.91. The van der Waals surface area contributed by atoms with E-state index in [2.05, 4.69) is 16.8 Å². The molecule has 70 valence electrons. The van der Waals surface area contributed by atoms with Crippen molar-refractivity contribution in [3.8, 4) is 23.8 Å². The van der Waals surface area contributed by atoms with Gasteiger partial charge in [0.25, 0.3) is 0 Å². The quantitative estimate of drug-likeness (QED) is 0.626. The summed E-state index contributed by atoms with van der Waals surface area (Å²) in [5.74, 6) is 6.18. The molecule has 1 aromatic heterocycles. The molecule has 0 radical (unpaired) electrons. The molecule has 0 aliphatic carbocycles. The van der Waals surface area contributed by atoms with Crippen LogP contribution in [0.3, 0.4) is 0 Å². The highest BCUT2D eigenvalue weighted by atomic mass is 16.5. The molecule has 0 N–H and O–H groups in total. The maximum absolute atomic E-state index is 8.29. The van der Waals surface area contributed by atoms with Gasteiger partial charge in [0.05, 0.1) is 19.6 Å². The fraction of sp³-hybridized carbons (Fsp3) is 0.273. The lowest BCUT2D eigenvalue weighted by molar-refractivity contribution is 0.394. The van der Waals surface area contributed by atoms with Crippen LogP contribution in [0.2, 0.25) is 0 Å². The predicted octanol–water partition coefficient (Wildman–Crippen LogP) is 1.66. The van der Waals surface area contributed by atoms with Crippen LogP contribution in [-0.2, 0) is 0 Å². The van der Waals surface area contributed by atoms with E-state index < -0.39 is 0 Å². The van der Waals surface area contributed by atoms with Crippen molar-refractivity contribution >= 4 is 0 Å². The molecule has 0 atom stereocenters. The third kappa shape index (κ3) is 2.50. The molecule has 14 heavy (non-hydrogen) atoms. The van der Waals surface area contributed by atoms with Gasteiger partial charge in [-0.1, -0.05) is 11.8 Å². The number of nitrogens with zero attached hydrogens (tertiary/aromatic N) is 2. The molecule has 0 unspecified atom stereocenters. The standard InChI is InChI=1S/C11H10N2O/c1-9-7-10(5-3-4-6-12)8-13-11(9)14-2/h7-8H,4H2,1-2H3. The zero-order valence-electron chi connectivity index (χ0n) is 8.16. The monoisotopic (exact) mass is 186 g/mol. The van der Waals surface area contributed by atoms with Crippen molar-refractivity contribution in [1.82, 2.24) is 4.98 Å². The van der Waals surface area contributed by atoms with Crippen molar-refractivity contribution in [3.63, 3.8) is 0 Å². The van der Waals surface area contributed by atoms with Gasteiger partial charge in [0.15, 0.2) is 0 Å². The first-order chi connectivity index (χ1) is 6.77. The minimum atomic E-state index is 0.241. The van der Waals surface area contributed by atoms with Gasteiger partial charge < -0.3 is 4.74 Å². The zero-order valence-corrected chi connectivity index (χ0v) is 8.16. The van der Waals surface area contributed by atoms with Gasteiger partial charge in [-0.2, -0.15) is 5.26 Å². The largest absolute Gasteiger partial charge is 0.481 e. The maximum atomic E-state index is 8.29. The highest BCUT2D eigenvalue weighted by Crippen LogP contribution is 2.13. The first-order valence-corrected chi connectivity index (χ1v) is 4.14. The second kappa shape index (κ2) is 4.89. The Balaban J connectivity index is 2.89. The summed E-state index contributed by atoms with van der Waals surface area (Å²) in [7, 11) is 1.58. The topological polar surface area (TPSA) is 45.9 Å². The molecule has 0 aromatic carbocycles. The Morgan fingerprint density at radius 3 is 2.93 bits per heavy atom. The molecule has 0 fully saturated rings. The molecule has 0 bridgehead atoms. The summed E-state index contributed by atoms with van der Waals surface area (Å²) in [4.78, 5) is 4.07. The minimum absolute atomic E-state index is 0.241. The number of aryl methyl sites for hydroxylation is 1. The number of nitriles is 1. The van der Waals surface area contributed by atoms with Crippen molar-refractivity contribution in [1.29, 1.82) is 5.26 Å². The fourth-order valence-corrected chi connectivity index (χ4v) is 1.03. The van der Waals surface area contributed by atoms with Crippen LogP contribution in [0.25, 0.3) is 0 Å². The molecule has 1 aromatic rings. The number of hydrogen-bond acceptors (Lipinski definition) is 3. The average molecular weight is 186 g/mol. The Kier molecular flexibility index (Phi) is 3.52. The van der Waals surface area contributed by atoms with Crippen LogP contribution in [0.4, 0.5) is 0 Å². The molecular formula is C11H10N2O. The van der Waals surface area contributed by atoms with E-state index in [4.69, 9.17) is 10.00 Å². The molecule has 0 saturated carbocycles. The van der Waals surface area contributed by atoms with Gasteiger partial charge >= 0.3 is 0 Å². The van der Waals surface area contributed by atoms with Crippen LogP contribution in [0.1, 0.15) is 17.5 Å². The van der Waals surface area contributed by atoms with Gasteiger partial charge in [-0.15, -0.1) is 0 Å². The number of ether oxygens (including phenoxy) is 1. The van der Waals surface area contributed by atoms with E-state index in [0.29, 0.717) is 5.88 Å². The molecule has 0 aliphatic heterocycles. The molecule has 0 aliphatic rings. The molecule has 0 amide bonds. The second-order valence-corrected chi connectivity index (χ2v) is 2.69. The summed E-state index contributed by atoms with van der Waals surface area (Å²) in [6, 6.07) is 3.84. The Morgan fingerprint density at radius 2 is 2.36 bits per heavy atom. The van der Waals surface area contributed by atoms with E-state index >= 15 is 0 Å². The molecular weight excluding hydrogens is 176 g/mol. The van der Waals surface area contributed by atoms with Crippen molar-refractivity contribution in [2.45, 2.75) is 13.3 Å². The first-order valence-electron chi connectivity index (χ1n) is 4.14. The van der Waals surface area contributed by atoms with Gasteiger partial charge in [-0.25, -0.2) is 4.98 Å². The normalized spacial score (nSPS) is 8.36. The summed E-state index contributed by atoms with van der Waals surface area (Å²) in [6.07, 6.45) is 1.88. The second-order valence-electron chi connectivity index (χ2n) is 2.69. The van der Waals surface area contributed by atoms with Crippen LogP contribution in [-0.4, -0.2) is 12.1 Å². The van der Waals surface area contributed by atoms with Gasteiger partial charge in [-0.05, 0) is 13.0 Å². The Morgan fingerprint density at radius 1 is 1.57 bits per heavy atom. The van der Waals surface area contributed by atoms with Gasteiger partial charge in [0.2, 0.25) is 5.88 Å². The van der Waals surface area contributed by atoms with Crippen molar-refractivity contribution in [2.75, 3.05) is 7.11 Å². The van der Waals surface area contributed by atoms with Gasteiger partial charge in [0.1, 0.15) is 0 Å². The number of pyridine rings is 1. The summed E-state index contributed by atoms with van der Waals surface area (Å²) >= 11 is 0. The van der Waals surface area contributed by atoms with Gasteiger partial charge in [-0.3, -0.25) is 0 Å². The third-order valence-electron chi connectivity index (χ3n) is 1.62. The highest BCUT2D eigenvalue weighted by Gasteiger charge is 1.98.